The highest BCUT2D eigenvalue weighted by atomic mass is 32.1. The lowest BCUT2D eigenvalue weighted by Crippen LogP contribution is -2.20. The third-order valence-corrected chi connectivity index (χ3v) is 6.37. The topological polar surface area (TPSA) is 70.3 Å². The maximum Gasteiger partial charge on any atom is 0.308 e. The molecule has 0 unspecified atom stereocenters. The summed E-state index contributed by atoms with van der Waals surface area (Å²) in [5, 5.41) is 2.60. The van der Waals surface area contributed by atoms with Gasteiger partial charge in [0.1, 0.15) is 0 Å². The van der Waals surface area contributed by atoms with E-state index in [1.54, 1.807) is 5.38 Å². The lowest BCUT2D eigenvalue weighted by molar-refractivity contribution is -0.142. The van der Waals surface area contributed by atoms with E-state index in [4.69, 9.17) is 4.74 Å². The molecule has 0 radical (unpaired) electrons. The van der Waals surface area contributed by atoms with Crippen molar-refractivity contribution >= 4 is 34.0 Å². The number of Topliss-reactive ketones (excluding diaryl/α,β-unsaturated/α-hetero) is 1. The minimum absolute atomic E-state index is 0.0347. The van der Waals surface area contributed by atoms with Gasteiger partial charge in [-0.05, 0) is 25.5 Å². The number of hydrogen-bond acceptors (Lipinski definition) is 5. The summed E-state index contributed by atoms with van der Waals surface area (Å²) in [6.07, 6.45) is 0.0347. The van der Waals surface area contributed by atoms with Gasteiger partial charge < -0.3 is 13.9 Å². The second-order valence-electron chi connectivity index (χ2n) is 7.48. The molecule has 0 saturated heterocycles. The molecule has 0 bridgehead atoms. The number of aromatic nitrogens is 2. The Hall–Kier alpha value is -3.45. The number of ketones is 1. The van der Waals surface area contributed by atoms with Gasteiger partial charge in [0.15, 0.2) is 6.61 Å². The van der Waals surface area contributed by atoms with Crippen LogP contribution in [0.1, 0.15) is 29.4 Å². The molecule has 0 N–H and O–H groups in total. The lowest BCUT2D eigenvalue weighted by Gasteiger charge is -2.11. The van der Waals surface area contributed by atoms with Crippen molar-refractivity contribution in [3.63, 3.8) is 0 Å². The molecule has 0 amide bonds. The van der Waals surface area contributed by atoms with Crippen LogP contribution in [-0.4, -0.2) is 27.5 Å². The molecule has 0 aliphatic heterocycles. The molecule has 164 valence electrons. The van der Waals surface area contributed by atoms with Crippen LogP contribution in [-0.2, 0) is 22.6 Å². The van der Waals surface area contributed by atoms with Gasteiger partial charge in [-0.2, -0.15) is 0 Å². The van der Waals surface area contributed by atoms with Gasteiger partial charge in [-0.1, -0.05) is 59.9 Å². The Morgan fingerprint density at radius 1 is 1.00 bits per heavy atom. The number of rotatable bonds is 8. The first-order valence-electron chi connectivity index (χ1n) is 10.5. The van der Waals surface area contributed by atoms with Crippen LogP contribution in [0.4, 0.5) is 0 Å². The van der Waals surface area contributed by atoms with Crippen molar-refractivity contribution in [1.82, 2.24) is 9.13 Å². The molecular weight excluding hydrogens is 424 g/mol. The molecule has 0 spiro atoms. The van der Waals surface area contributed by atoms with Crippen LogP contribution < -0.4 is 4.87 Å². The summed E-state index contributed by atoms with van der Waals surface area (Å²) < 4.78 is 8.96. The standard InChI is InChI=1S/C25H24N2O4S/c1-3-26-20-12-8-7-11-19(20)23(24(26)18-9-5-4-6-10-18)21(28)15-31-22(29)13-14-27-17(2)16-32-25(27)30/h4-12,16H,3,13-15H2,1-2H3. The Morgan fingerprint density at radius 3 is 2.41 bits per heavy atom. The van der Waals surface area contributed by atoms with Crippen LogP contribution in [0.3, 0.4) is 0 Å². The highest BCUT2D eigenvalue weighted by Gasteiger charge is 2.23. The van der Waals surface area contributed by atoms with Crippen molar-refractivity contribution in [3.8, 4) is 11.3 Å². The fourth-order valence-electron chi connectivity index (χ4n) is 3.98. The zero-order valence-electron chi connectivity index (χ0n) is 18.0. The lowest BCUT2D eigenvalue weighted by atomic mass is 10.0. The fourth-order valence-corrected chi connectivity index (χ4v) is 4.74. The van der Waals surface area contributed by atoms with Gasteiger partial charge >= 0.3 is 10.8 Å². The van der Waals surface area contributed by atoms with Crippen molar-refractivity contribution in [2.75, 3.05) is 6.61 Å². The van der Waals surface area contributed by atoms with Crippen LogP contribution in [0.5, 0.6) is 0 Å². The van der Waals surface area contributed by atoms with Crippen molar-refractivity contribution < 1.29 is 14.3 Å². The highest BCUT2D eigenvalue weighted by Crippen LogP contribution is 2.34. The Morgan fingerprint density at radius 2 is 1.72 bits per heavy atom. The van der Waals surface area contributed by atoms with E-state index in [2.05, 4.69) is 4.57 Å². The van der Waals surface area contributed by atoms with Crippen LogP contribution in [0, 0.1) is 6.92 Å². The zero-order chi connectivity index (χ0) is 22.7. The van der Waals surface area contributed by atoms with Crippen molar-refractivity contribution in [1.29, 1.82) is 0 Å². The third kappa shape index (κ3) is 4.16. The average Bonchev–Trinajstić information content (AvgIpc) is 3.32. The van der Waals surface area contributed by atoms with Gasteiger partial charge in [-0.3, -0.25) is 14.4 Å². The molecule has 6 nitrogen and oxygen atoms in total. The molecule has 0 saturated carbocycles. The molecular formula is C25H24N2O4S. The fraction of sp³-hybridized carbons (Fsp3) is 0.240. The summed E-state index contributed by atoms with van der Waals surface area (Å²) in [5.41, 5.74) is 4.11. The summed E-state index contributed by atoms with van der Waals surface area (Å²) in [4.78, 5) is 37.3. The van der Waals surface area contributed by atoms with Crippen molar-refractivity contribution in [2.24, 2.45) is 0 Å². The van der Waals surface area contributed by atoms with Gasteiger partial charge in [0, 0.05) is 35.1 Å². The average molecular weight is 449 g/mol. The minimum atomic E-state index is -0.503. The Balaban J connectivity index is 1.58. The smallest absolute Gasteiger partial charge is 0.308 e. The predicted octanol–water partition coefficient (Wildman–Crippen LogP) is 4.68. The van der Waals surface area contributed by atoms with Gasteiger partial charge in [0.2, 0.25) is 5.78 Å². The Labute approximate surface area is 189 Å². The number of aryl methyl sites for hydroxylation is 2. The quantitative estimate of drug-likeness (QED) is 0.290. The SMILES string of the molecule is CCn1c(-c2ccccc2)c(C(=O)COC(=O)CCn2c(C)csc2=O)c2ccccc21. The summed E-state index contributed by atoms with van der Waals surface area (Å²) in [7, 11) is 0. The van der Waals surface area contributed by atoms with Gasteiger partial charge in [-0.15, -0.1) is 0 Å². The first kappa shape index (κ1) is 21.8. The van der Waals surface area contributed by atoms with E-state index in [0.717, 1.165) is 39.2 Å². The maximum atomic E-state index is 13.3. The number of para-hydroxylation sites is 1. The monoisotopic (exact) mass is 448 g/mol. The molecule has 0 atom stereocenters. The molecule has 2 heterocycles. The molecule has 32 heavy (non-hydrogen) atoms. The summed E-state index contributed by atoms with van der Waals surface area (Å²) in [5.74, 6) is -0.749. The number of benzene rings is 2. The van der Waals surface area contributed by atoms with Crippen LogP contribution >= 0.6 is 11.3 Å². The number of fused-ring (bicyclic) bond motifs is 1. The second-order valence-corrected chi connectivity index (χ2v) is 8.30. The number of carbonyl (C=O) groups excluding carboxylic acids is 2. The number of thiazole rings is 1. The molecule has 4 rings (SSSR count). The van der Waals surface area contributed by atoms with E-state index in [-0.39, 0.29) is 30.2 Å². The van der Waals surface area contributed by atoms with E-state index < -0.39 is 5.97 Å². The zero-order valence-corrected chi connectivity index (χ0v) is 18.9. The van der Waals surface area contributed by atoms with Gasteiger partial charge in [0.25, 0.3) is 0 Å². The summed E-state index contributed by atoms with van der Waals surface area (Å²) >= 11 is 1.10. The number of carbonyl (C=O) groups is 2. The number of esters is 1. The van der Waals surface area contributed by atoms with E-state index in [0.29, 0.717) is 12.1 Å². The molecule has 0 aliphatic rings. The number of nitrogens with zero attached hydrogens (tertiary/aromatic N) is 2. The summed E-state index contributed by atoms with van der Waals surface area (Å²) in [6, 6.07) is 17.5. The molecule has 2 aromatic heterocycles. The normalized spacial score (nSPS) is 11.1. The van der Waals surface area contributed by atoms with E-state index in [1.165, 1.54) is 4.57 Å². The van der Waals surface area contributed by atoms with Crippen LogP contribution in [0.25, 0.3) is 22.2 Å². The molecule has 7 heteroatoms. The summed E-state index contributed by atoms with van der Waals surface area (Å²) in [6.45, 7) is 4.47. The maximum absolute atomic E-state index is 13.3. The van der Waals surface area contributed by atoms with Gasteiger partial charge in [-0.25, -0.2) is 0 Å². The number of hydrogen-bond donors (Lipinski definition) is 0. The molecule has 0 aliphatic carbocycles. The van der Waals surface area contributed by atoms with Crippen molar-refractivity contribution in [3.05, 3.63) is 80.9 Å². The highest BCUT2D eigenvalue weighted by molar-refractivity contribution is 7.07. The van der Waals surface area contributed by atoms with Crippen LogP contribution in [0.2, 0.25) is 0 Å². The minimum Gasteiger partial charge on any atom is -0.457 e. The predicted molar refractivity (Wildman–Crippen MR) is 126 cm³/mol. The first-order valence-corrected chi connectivity index (χ1v) is 11.4. The van der Waals surface area contributed by atoms with E-state index in [9.17, 15) is 14.4 Å². The third-order valence-electron chi connectivity index (χ3n) is 5.49. The first-order chi connectivity index (χ1) is 15.5. The van der Waals surface area contributed by atoms with E-state index in [1.807, 2.05) is 68.4 Å². The molecule has 0 fully saturated rings. The Kier molecular flexibility index (Phi) is 6.37. The second kappa shape index (κ2) is 9.36. The van der Waals surface area contributed by atoms with Crippen LogP contribution in [0.15, 0.2) is 64.8 Å². The largest absolute Gasteiger partial charge is 0.457 e. The van der Waals surface area contributed by atoms with Gasteiger partial charge in [0.05, 0.1) is 17.7 Å². The Bertz CT molecular complexity index is 1330. The van der Waals surface area contributed by atoms with Crippen molar-refractivity contribution in [2.45, 2.75) is 33.4 Å². The van der Waals surface area contributed by atoms with E-state index >= 15 is 0 Å². The molecule has 2 aromatic carbocycles. The molecule has 4 aromatic rings. The number of ether oxygens (including phenoxy) is 1.